The summed E-state index contributed by atoms with van der Waals surface area (Å²) >= 11 is 18.2. The van der Waals surface area contributed by atoms with Gasteiger partial charge in [-0.2, -0.15) is 0 Å². The van der Waals surface area contributed by atoms with Crippen molar-refractivity contribution in [2.75, 3.05) is 0 Å². The van der Waals surface area contributed by atoms with Crippen molar-refractivity contribution >= 4 is 53.1 Å². The molecule has 26 heavy (non-hydrogen) atoms. The first-order valence-electron chi connectivity index (χ1n) is 8.14. The molecule has 134 valence electrons. The molecule has 0 radical (unpaired) electrons. The highest BCUT2D eigenvalue weighted by atomic mass is 35.5. The molecule has 0 saturated carbocycles. The summed E-state index contributed by atoms with van der Waals surface area (Å²) in [5, 5.41) is 15.4. The number of hydrogen-bond acceptors (Lipinski definition) is 4. The van der Waals surface area contributed by atoms with Gasteiger partial charge in [0.25, 0.3) is 0 Å². The van der Waals surface area contributed by atoms with Crippen LogP contribution in [0, 0.1) is 0 Å². The molecule has 2 aliphatic rings. The van der Waals surface area contributed by atoms with E-state index in [1.807, 2.05) is 32.0 Å². The lowest BCUT2D eigenvalue weighted by atomic mass is 9.77. The van der Waals surface area contributed by atoms with Gasteiger partial charge in [-0.3, -0.25) is 0 Å². The number of nitrogens with zero attached hydrogens (tertiary/aromatic N) is 1. The fourth-order valence-corrected chi connectivity index (χ4v) is 3.98. The van der Waals surface area contributed by atoms with Crippen LogP contribution in [0.3, 0.4) is 0 Å². The van der Waals surface area contributed by atoms with Crippen molar-refractivity contribution in [3.8, 4) is 0 Å². The van der Waals surface area contributed by atoms with E-state index in [1.54, 1.807) is 12.1 Å². The molecule has 2 aliphatic heterocycles. The van der Waals surface area contributed by atoms with E-state index in [1.165, 1.54) is 0 Å². The summed E-state index contributed by atoms with van der Waals surface area (Å²) in [5.74, 6) is 0. The van der Waals surface area contributed by atoms with Crippen LogP contribution in [-0.4, -0.2) is 17.9 Å². The minimum atomic E-state index is -0.901. The largest absolute Gasteiger partial charge is 0.492 e. The first-order chi connectivity index (χ1) is 12.3. The second-order valence-electron chi connectivity index (χ2n) is 6.92. The average Bonchev–Trinajstić information content (AvgIpc) is 3.16. The zero-order valence-corrected chi connectivity index (χ0v) is 16.4. The van der Waals surface area contributed by atoms with E-state index in [2.05, 4.69) is 5.16 Å². The van der Waals surface area contributed by atoms with Crippen LogP contribution in [0.25, 0.3) is 0 Å². The molecule has 4 rings (SSSR count). The summed E-state index contributed by atoms with van der Waals surface area (Å²) in [6, 6.07) is 9.27. The standard InChI is InChI=1S/C18H15BCl3NO3/c1-18(2)11-5-9(3-4-12(11)19(24)26-18)15-8-16(25-23-15)10-6-13(20)17(22)14(21)7-10/h3-7,16,24H,8H2,1-2H3. The monoisotopic (exact) mass is 409 g/mol. The van der Waals surface area contributed by atoms with E-state index < -0.39 is 12.7 Å². The van der Waals surface area contributed by atoms with Crippen molar-refractivity contribution < 1.29 is 14.5 Å². The zero-order chi connectivity index (χ0) is 18.6. The van der Waals surface area contributed by atoms with Crippen LogP contribution in [-0.2, 0) is 15.1 Å². The van der Waals surface area contributed by atoms with Crippen molar-refractivity contribution in [3.63, 3.8) is 0 Å². The third kappa shape index (κ3) is 3.02. The summed E-state index contributed by atoms with van der Waals surface area (Å²) in [6.45, 7) is 3.86. The molecule has 4 nitrogen and oxygen atoms in total. The molecule has 1 unspecified atom stereocenters. The lowest BCUT2D eigenvalue weighted by Crippen LogP contribution is -2.28. The first kappa shape index (κ1) is 18.1. The summed E-state index contributed by atoms with van der Waals surface area (Å²) in [6.07, 6.45) is 0.303. The Kier molecular flexibility index (Phi) is 4.49. The quantitative estimate of drug-likeness (QED) is 0.587. The number of oxime groups is 1. The third-order valence-corrected chi connectivity index (χ3v) is 5.95. The number of fused-ring (bicyclic) bond motifs is 1. The first-order valence-corrected chi connectivity index (χ1v) is 9.27. The van der Waals surface area contributed by atoms with Crippen LogP contribution in [0.2, 0.25) is 15.1 Å². The van der Waals surface area contributed by atoms with Gasteiger partial charge < -0.3 is 14.5 Å². The fourth-order valence-electron chi connectivity index (χ4n) is 3.37. The van der Waals surface area contributed by atoms with Crippen LogP contribution in [0.4, 0.5) is 0 Å². The second-order valence-corrected chi connectivity index (χ2v) is 8.11. The Hall–Kier alpha value is -1.24. The van der Waals surface area contributed by atoms with Crippen molar-refractivity contribution in [1.82, 2.24) is 0 Å². The molecule has 0 saturated heterocycles. The third-order valence-electron chi connectivity index (χ3n) is 4.75. The minimum absolute atomic E-state index is 0.277. The van der Waals surface area contributed by atoms with Crippen molar-refractivity contribution in [1.29, 1.82) is 0 Å². The van der Waals surface area contributed by atoms with Crippen LogP contribution in [0.5, 0.6) is 0 Å². The Labute approximate surface area is 166 Å². The molecule has 2 heterocycles. The van der Waals surface area contributed by atoms with E-state index in [4.69, 9.17) is 44.3 Å². The number of halogens is 3. The van der Waals surface area contributed by atoms with Gasteiger partial charge in [0, 0.05) is 6.42 Å². The molecule has 0 aromatic heterocycles. The van der Waals surface area contributed by atoms with Crippen molar-refractivity contribution in [2.45, 2.75) is 32.0 Å². The lowest BCUT2D eigenvalue weighted by Gasteiger charge is -2.20. The molecule has 0 bridgehead atoms. The molecule has 2 aromatic rings. The Morgan fingerprint density at radius 2 is 1.85 bits per heavy atom. The van der Waals surface area contributed by atoms with Gasteiger partial charge in [0.2, 0.25) is 0 Å². The van der Waals surface area contributed by atoms with Gasteiger partial charge in [-0.25, -0.2) is 0 Å². The van der Waals surface area contributed by atoms with Crippen LogP contribution in [0.15, 0.2) is 35.5 Å². The highest BCUT2D eigenvalue weighted by Crippen LogP contribution is 2.38. The number of rotatable bonds is 2. The van der Waals surface area contributed by atoms with Gasteiger partial charge in [-0.1, -0.05) is 52.1 Å². The van der Waals surface area contributed by atoms with Crippen molar-refractivity contribution in [3.05, 3.63) is 62.1 Å². The van der Waals surface area contributed by atoms with Gasteiger partial charge in [-0.05, 0) is 54.2 Å². The average molecular weight is 410 g/mol. The summed E-state index contributed by atoms with van der Waals surface area (Å²) < 4.78 is 5.61. The van der Waals surface area contributed by atoms with E-state index in [0.29, 0.717) is 21.5 Å². The molecule has 2 aromatic carbocycles. The van der Waals surface area contributed by atoms with Crippen LogP contribution < -0.4 is 5.46 Å². The van der Waals surface area contributed by atoms with Gasteiger partial charge in [0.05, 0.1) is 26.4 Å². The van der Waals surface area contributed by atoms with E-state index in [0.717, 1.165) is 27.9 Å². The molecule has 1 atom stereocenters. The molecular weight excluding hydrogens is 395 g/mol. The second kappa shape index (κ2) is 6.43. The highest BCUT2D eigenvalue weighted by Gasteiger charge is 2.41. The molecule has 0 spiro atoms. The summed E-state index contributed by atoms with van der Waals surface area (Å²) in [5.41, 5.74) is 3.75. The van der Waals surface area contributed by atoms with Gasteiger partial charge in [-0.15, -0.1) is 0 Å². The maximum atomic E-state index is 10.0. The van der Waals surface area contributed by atoms with Crippen molar-refractivity contribution in [2.24, 2.45) is 5.16 Å². The molecule has 0 amide bonds. The van der Waals surface area contributed by atoms with E-state index >= 15 is 0 Å². The Bertz CT molecular complexity index is 909. The Morgan fingerprint density at radius 1 is 1.15 bits per heavy atom. The molecule has 0 aliphatic carbocycles. The number of hydrogen-bond donors (Lipinski definition) is 1. The van der Waals surface area contributed by atoms with Gasteiger partial charge in [0.1, 0.15) is 0 Å². The Morgan fingerprint density at radius 3 is 2.54 bits per heavy atom. The van der Waals surface area contributed by atoms with Crippen LogP contribution >= 0.6 is 34.8 Å². The van der Waals surface area contributed by atoms with Gasteiger partial charge >= 0.3 is 7.12 Å². The fraction of sp³-hybridized carbons (Fsp3) is 0.278. The highest BCUT2D eigenvalue weighted by molar-refractivity contribution is 6.62. The SMILES string of the molecule is CC1(C)OB(O)c2ccc(C3=NOC(c4cc(Cl)c(Cl)c(Cl)c4)C3)cc21. The predicted octanol–water partition coefficient (Wildman–Crippen LogP) is 4.47. The molecule has 8 heteroatoms. The normalized spacial score (nSPS) is 20.8. The maximum absolute atomic E-state index is 10.0. The Balaban J connectivity index is 1.60. The molecule has 1 N–H and O–H groups in total. The minimum Gasteiger partial charge on any atom is -0.423 e. The molecule has 0 fully saturated rings. The van der Waals surface area contributed by atoms with Gasteiger partial charge in [0.15, 0.2) is 6.10 Å². The summed E-state index contributed by atoms with van der Waals surface area (Å²) in [7, 11) is -0.901. The zero-order valence-electron chi connectivity index (χ0n) is 14.1. The summed E-state index contributed by atoms with van der Waals surface area (Å²) in [4.78, 5) is 5.60. The van der Waals surface area contributed by atoms with Crippen LogP contribution in [0.1, 0.15) is 43.1 Å². The maximum Gasteiger partial charge on any atom is 0.492 e. The van der Waals surface area contributed by atoms with E-state index in [9.17, 15) is 5.02 Å². The van der Waals surface area contributed by atoms with E-state index in [-0.39, 0.29) is 6.10 Å². The number of benzene rings is 2. The molecular formula is C18H15BCl3NO3. The smallest absolute Gasteiger partial charge is 0.423 e. The predicted molar refractivity (Wildman–Crippen MR) is 105 cm³/mol. The lowest BCUT2D eigenvalue weighted by molar-refractivity contribution is 0.0857. The topological polar surface area (TPSA) is 51.0 Å².